The van der Waals surface area contributed by atoms with Gasteiger partial charge in [-0.15, -0.1) is 0 Å². The molecule has 5 rings (SSSR count). The molecule has 0 amide bonds. The monoisotopic (exact) mass is 351 g/mol. The van der Waals surface area contributed by atoms with Crippen molar-refractivity contribution >= 4 is 44.9 Å². The van der Waals surface area contributed by atoms with Crippen LogP contribution in [0, 0.1) is 0 Å². The Labute approximate surface area is 158 Å². The molecule has 5 aromatic rings. The van der Waals surface area contributed by atoms with Crippen molar-refractivity contribution in [3.05, 3.63) is 108 Å². The highest BCUT2D eigenvalue weighted by Gasteiger charge is 2.16. The predicted molar refractivity (Wildman–Crippen MR) is 117 cm³/mol. The molecule has 0 fully saturated rings. The van der Waals surface area contributed by atoms with Gasteiger partial charge in [0.05, 0.1) is 0 Å². The summed E-state index contributed by atoms with van der Waals surface area (Å²) in [6.07, 6.45) is 0. The second kappa shape index (κ2) is 6.19. The van der Waals surface area contributed by atoms with Crippen LogP contribution < -0.4 is 0 Å². The van der Waals surface area contributed by atoms with E-state index in [1.165, 1.54) is 43.4 Å². The van der Waals surface area contributed by atoms with Crippen LogP contribution in [0.2, 0.25) is 0 Å². The van der Waals surface area contributed by atoms with Gasteiger partial charge in [0, 0.05) is 11.1 Å². The van der Waals surface area contributed by atoms with Crippen molar-refractivity contribution in [3.63, 3.8) is 0 Å². The fourth-order valence-electron chi connectivity index (χ4n) is 3.72. The zero-order chi connectivity index (χ0) is 17.5. The summed E-state index contributed by atoms with van der Waals surface area (Å²) in [6.45, 7) is 0. The van der Waals surface area contributed by atoms with Crippen molar-refractivity contribution in [3.8, 4) is 0 Å². The summed E-state index contributed by atoms with van der Waals surface area (Å²) in [4.78, 5) is 0. The van der Waals surface area contributed by atoms with Gasteiger partial charge in [-0.1, -0.05) is 72.8 Å². The normalized spacial score (nSPS) is 12.7. The third-order valence-corrected chi connectivity index (χ3v) is 5.84. The minimum atomic E-state index is 0.176. The van der Waals surface area contributed by atoms with Gasteiger partial charge < -0.3 is 0 Å². The molecule has 0 saturated heterocycles. The summed E-state index contributed by atoms with van der Waals surface area (Å²) in [5.41, 5.74) is 2.56. The van der Waals surface area contributed by atoms with Crippen LogP contribution in [0.1, 0.15) is 16.4 Å². The Bertz CT molecular complexity index is 1250. The highest BCUT2D eigenvalue weighted by atomic mass is 32.1. The second-order valence-electron chi connectivity index (χ2n) is 6.85. The molecule has 1 unspecified atom stereocenters. The summed E-state index contributed by atoms with van der Waals surface area (Å²) in [5, 5.41) is 7.87. The largest absolute Gasteiger partial charge is 0.163 e. The number of fused-ring (bicyclic) bond motifs is 3. The number of hydrogen-bond donors (Lipinski definition) is 0. The molecule has 26 heavy (non-hydrogen) atoms. The van der Waals surface area contributed by atoms with E-state index in [-0.39, 0.29) is 5.25 Å². The van der Waals surface area contributed by atoms with Gasteiger partial charge >= 0.3 is 0 Å². The third kappa shape index (κ3) is 2.65. The number of hydrogen-bond acceptors (Lipinski definition) is 0. The summed E-state index contributed by atoms with van der Waals surface area (Å²) < 4.78 is 0. The molecule has 0 bridgehead atoms. The molecule has 5 aromatic carbocycles. The average molecular weight is 351 g/mol. The maximum atomic E-state index is 3.98. The van der Waals surface area contributed by atoms with E-state index in [1.54, 1.807) is 0 Å². The van der Waals surface area contributed by atoms with Gasteiger partial charge in [-0.2, -0.15) is 0 Å². The second-order valence-corrected chi connectivity index (χ2v) is 7.42. The highest BCUT2D eigenvalue weighted by molar-refractivity contribution is 7.59. The molecule has 0 N–H and O–H groups in total. The lowest BCUT2D eigenvalue weighted by Crippen LogP contribution is -1.97. The predicted octanol–water partition coefficient (Wildman–Crippen LogP) is 6.25. The van der Waals surface area contributed by atoms with E-state index in [2.05, 4.69) is 110 Å². The maximum Gasteiger partial charge on any atom is 0.163 e. The lowest BCUT2D eigenvalue weighted by atomic mass is 9.97. The van der Waals surface area contributed by atoms with Gasteiger partial charge in [0.15, 0.2) is 5.25 Å². The molecular formula is C25H19S+. The van der Waals surface area contributed by atoms with Crippen LogP contribution in [0.15, 0.2) is 97.1 Å². The van der Waals surface area contributed by atoms with Gasteiger partial charge in [0.1, 0.15) is 0 Å². The van der Waals surface area contributed by atoms with Crippen LogP contribution in [-0.2, 0) is 12.6 Å². The molecule has 1 atom stereocenters. The van der Waals surface area contributed by atoms with E-state index in [9.17, 15) is 0 Å². The topological polar surface area (TPSA) is 0 Å². The zero-order valence-electron chi connectivity index (χ0n) is 14.3. The summed E-state index contributed by atoms with van der Waals surface area (Å²) in [7, 11) is 0. The van der Waals surface area contributed by atoms with Crippen molar-refractivity contribution in [2.75, 3.05) is 0 Å². The summed E-state index contributed by atoms with van der Waals surface area (Å²) in [6, 6.07) is 35.0. The third-order valence-electron chi connectivity index (χ3n) is 5.17. The van der Waals surface area contributed by atoms with Gasteiger partial charge in [-0.25, -0.2) is 0 Å². The van der Waals surface area contributed by atoms with Crippen LogP contribution in [0.4, 0.5) is 0 Å². The Morgan fingerprint density at radius 2 is 0.846 bits per heavy atom. The fraction of sp³-hybridized carbons (Fsp3) is 0.0400. The molecule has 0 radical (unpaired) electrons. The molecule has 0 nitrogen and oxygen atoms in total. The zero-order valence-corrected chi connectivity index (χ0v) is 15.3. The minimum absolute atomic E-state index is 0.176. The maximum absolute atomic E-state index is 3.98. The summed E-state index contributed by atoms with van der Waals surface area (Å²) in [5.74, 6) is 0. The first kappa shape index (κ1) is 15.5. The van der Waals surface area contributed by atoms with Crippen molar-refractivity contribution in [2.45, 2.75) is 5.25 Å². The van der Waals surface area contributed by atoms with Crippen LogP contribution in [0.3, 0.4) is 0 Å². The van der Waals surface area contributed by atoms with Crippen LogP contribution in [0.25, 0.3) is 32.3 Å². The molecule has 124 valence electrons. The van der Waals surface area contributed by atoms with Crippen LogP contribution in [0.5, 0.6) is 0 Å². The first-order valence-electron chi connectivity index (χ1n) is 8.90. The molecule has 0 aliphatic heterocycles. The Balaban J connectivity index is 1.61. The van der Waals surface area contributed by atoms with Crippen molar-refractivity contribution in [1.29, 1.82) is 0 Å². The van der Waals surface area contributed by atoms with Gasteiger partial charge in [-0.05, 0) is 69.2 Å². The van der Waals surface area contributed by atoms with E-state index in [0.717, 1.165) is 0 Å². The lowest BCUT2D eigenvalue weighted by molar-refractivity contribution is 1.18. The Kier molecular flexibility index (Phi) is 3.69. The quantitative estimate of drug-likeness (QED) is 0.260. The molecule has 1 heteroatoms. The van der Waals surface area contributed by atoms with Crippen molar-refractivity contribution in [1.82, 2.24) is 0 Å². The summed E-state index contributed by atoms with van der Waals surface area (Å²) >= 11 is 3.98. The average Bonchev–Trinajstić information content (AvgIpc) is 2.71. The Hall–Kier alpha value is -2.77. The highest BCUT2D eigenvalue weighted by Crippen LogP contribution is 2.30. The van der Waals surface area contributed by atoms with E-state index in [1.807, 2.05) is 0 Å². The van der Waals surface area contributed by atoms with E-state index >= 15 is 0 Å². The minimum Gasteiger partial charge on any atom is -0.0616 e. The molecule has 0 aromatic heterocycles. The van der Waals surface area contributed by atoms with Gasteiger partial charge in [0.25, 0.3) is 0 Å². The first-order valence-corrected chi connectivity index (χ1v) is 9.48. The molecule has 0 saturated carbocycles. The SMILES string of the molecule is [SH2+]C(c1ccc2ccccc2c1)c1ccc2cc3ccccc3cc2c1. The smallest absolute Gasteiger partial charge is 0.0616 e. The number of rotatable bonds is 2. The molecular weight excluding hydrogens is 332 g/mol. The molecule has 0 aliphatic carbocycles. The van der Waals surface area contributed by atoms with E-state index < -0.39 is 0 Å². The van der Waals surface area contributed by atoms with E-state index in [4.69, 9.17) is 0 Å². The van der Waals surface area contributed by atoms with Gasteiger partial charge in [0.2, 0.25) is 0 Å². The standard InChI is InChI=1S/C25H18S/c26-25(22-11-9-17-5-1-2-6-18(17)14-22)23-12-10-21-13-19-7-3-4-8-20(19)15-24(21)16-23/h1-16,25-26H/p+1. The molecule has 0 aliphatic rings. The number of benzene rings is 5. The Morgan fingerprint density at radius 3 is 1.50 bits per heavy atom. The first-order chi connectivity index (χ1) is 12.8. The fourth-order valence-corrected chi connectivity index (χ4v) is 4.08. The van der Waals surface area contributed by atoms with Crippen LogP contribution >= 0.6 is 0 Å². The van der Waals surface area contributed by atoms with Gasteiger partial charge in [-0.3, -0.25) is 0 Å². The lowest BCUT2D eigenvalue weighted by Gasteiger charge is -2.10. The Morgan fingerprint density at radius 1 is 0.423 bits per heavy atom. The van der Waals surface area contributed by atoms with Crippen molar-refractivity contribution < 1.29 is 0 Å². The molecule has 0 heterocycles. The van der Waals surface area contributed by atoms with E-state index in [0.29, 0.717) is 0 Å². The molecule has 0 spiro atoms. The van der Waals surface area contributed by atoms with Crippen LogP contribution in [-0.4, -0.2) is 0 Å². The van der Waals surface area contributed by atoms with Crippen molar-refractivity contribution in [2.24, 2.45) is 0 Å².